The van der Waals surface area contributed by atoms with Crippen molar-refractivity contribution >= 4 is 11.5 Å². The average molecular weight is 294 g/mol. The molecule has 0 aliphatic heterocycles. The number of aromatic nitrogens is 2. The van der Waals surface area contributed by atoms with Crippen LogP contribution >= 0.6 is 0 Å². The lowest BCUT2D eigenvalue weighted by atomic mass is 10.0. The summed E-state index contributed by atoms with van der Waals surface area (Å²) in [6.07, 6.45) is 6.22. The van der Waals surface area contributed by atoms with Crippen LogP contribution in [-0.2, 0) is 6.54 Å². The minimum atomic E-state index is -0.437. The Balaban J connectivity index is 2.10. The molecule has 0 radical (unpaired) electrons. The van der Waals surface area contributed by atoms with E-state index in [9.17, 15) is 9.59 Å². The van der Waals surface area contributed by atoms with Crippen LogP contribution in [0.4, 0.5) is 11.5 Å². The van der Waals surface area contributed by atoms with Gasteiger partial charge in [0.25, 0.3) is 5.56 Å². The van der Waals surface area contributed by atoms with E-state index in [4.69, 9.17) is 5.73 Å². The van der Waals surface area contributed by atoms with E-state index in [1.807, 2.05) is 13.8 Å². The molecule has 4 N–H and O–H groups in total. The van der Waals surface area contributed by atoms with Crippen LogP contribution in [-0.4, -0.2) is 16.1 Å². The fourth-order valence-electron chi connectivity index (χ4n) is 3.01. The van der Waals surface area contributed by atoms with Gasteiger partial charge in [-0.2, -0.15) is 0 Å². The lowest BCUT2D eigenvalue weighted by Crippen LogP contribution is -2.35. The highest BCUT2D eigenvalue weighted by atomic mass is 16.2. The second-order valence-corrected chi connectivity index (χ2v) is 6.39. The van der Waals surface area contributed by atoms with Gasteiger partial charge in [0.05, 0.1) is 0 Å². The maximum absolute atomic E-state index is 11.9. The summed E-state index contributed by atoms with van der Waals surface area (Å²) in [7, 11) is 0. The average Bonchev–Trinajstić information content (AvgIpc) is 2.91. The second kappa shape index (κ2) is 6.83. The van der Waals surface area contributed by atoms with Gasteiger partial charge in [-0.1, -0.05) is 39.5 Å². The number of anilines is 2. The molecule has 21 heavy (non-hydrogen) atoms. The van der Waals surface area contributed by atoms with Gasteiger partial charge in [-0.25, -0.2) is 4.79 Å². The van der Waals surface area contributed by atoms with E-state index >= 15 is 0 Å². The number of hydrogen-bond acceptors (Lipinski definition) is 4. The van der Waals surface area contributed by atoms with Gasteiger partial charge >= 0.3 is 5.69 Å². The van der Waals surface area contributed by atoms with Crippen LogP contribution < -0.4 is 22.3 Å². The van der Waals surface area contributed by atoms with E-state index in [1.165, 1.54) is 30.3 Å². The Morgan fingerprint density at radius 3 is 2.62 bits per heavy atom. The van der Waals surface area contributed by atoms with Crippen molar-refractivity contribution in [2.75, 3.05) is 17.6 Å². The summed E-state index contributed by atoms with van der Waals surface area (Å²) in [5.41, 5.74) is 5.47. The first kappa shape index (κ1) is 15.7. The number of rotatable bonds is 6. The van der Waals surface area contributed by atoms with Gasteiger partial charge < -0.3 is 11.1 Å². The first-order chi connectivity index (χ1) is 9.99. The lowest BCUT2D eigenvalue weighted by molar-refractivity contribution is 0.506. The van der Waals surface area contributed by atoms with E-state index in [0.717, 1.165) is 18.9 Å². The molecule has 0 aromatic carbocycles. The third-order valence-electron chi connectivity index (χ3n) is 4.12. The summed E-state index contributed by atoms with van der Waals surface area (Å²) in [6, 6.07) is 0. The quantitative estimate of drug-likeness (QED) is 0.745. The van der Waals surface area contributed by atoms with Gasteiger partial charge in [-0.15, -0.1) is 0 Å². The van der Waals surface area contributed by atoms with Crippen LogP contribution in [0, 0.1) is 11.8 Å². The Labute approximate surface area is 124 Å². The maximum atomic E-state index is 11.9. The minimum Gasteiger partial charge on any atom is -0.383 e. The Morgan fingerprint density at radius 1 is 1.33 bits per heavy atom. The summed E-state index contributed by atoms with van der Waals surface area (Å²) in [5, 5.41) is 3.12. The Kier molecular flexibility index (Phi) is 5.09. The number of nitrogens with two attached hydrogens (primary N) is 1. The van der Waals surface area contributed by atoms with Crippen molar-refractivity contribution in [1.29, 1.82) is 0 Å². The van der Waals surface area contributed by atoms with E-state index in [1.54, 1.807) is 0 Å². The van der Waals surface area contributed by atoms with E-state index in [0.29, 0.717) is 12.2 Å². The summed E-state index contributed by atoms with van der Waals surface area (Å²) < 4.78 is 1.43. The fraction of sp³-hybridized carbons (Fsp3) is 0.733. The molecule has 0 atom stereocenters. The summed E-state index contributed by atoms with van der Waals surface area (Å²) in [4.78, 5) is 26.1. The molecule has 0 bridgehead atoms. The zero-order valence-corrected chi connectivity index (χ0v) is 12.9. The Morgan fingerprint density at radius 2 is 2.00 bits per heavy atom. The minimum absolute atomic E-state index is 0.240. The van der Waals surface area contributed by atoms with Gasteiger partial charge in [0.1, 0.15) is 11.5 Å². The maximum Gasteiger partial charge on any atom is 0.330 e. The molecule has 0 spiro atoms. The molecule has 1 aliphatic rings. The topological polar surface area (TPSA) is 92.9 Å². The smallest absolute Gasteiger partial charge is 0.330 e. The van der Waals surface area contributed by atoms with Crippen molar-refractivity contribution in [3.63, 3.8) is 0 Å². The molecule has 1 aromatic rings. The molecular formula is C15H26N4O2. The molecule has 1 aromatic heterocycles. The highest BCUT2D eigenvalue weighted by Crippen LogP contribution is 2.27. The van der Waals surface area contributed by atoms with Gasteiger partial charge in [0.2, 0.25) is 0 Å². The van der Waals surface area contributed by atoms with Crippen LogP contribution in [0.2, 0.25) is 0 Å². The van der Waals surface area contributed by atoms with Crippen LogP contribution in [0.25, 0.3) is 0 Å². The van der Waals surface area contributed by atoms with Crippen LogP contribution in [0.5, 0.6) is 0 Å². The molecule has 118 valence electrons. The third-order valence-corrected chi connectivity index (χ3v) is 4.12. The SMILES string of the molecule is CC(C)Cn1c(N)c(NCCC2CCCC2)c(=O)[nH]c1=O. The Hall–Kier alpha value is -1.72. The molecule has 1 heterocycles. The molecule has 1 aliphatic carbocycles. The Bertz CT molecular complexity index is 582. The van der Waals surface area contributed by atoms with Gasteiger partial charge in [0, 0.05) is 13.1 Å². The second-order valence-electron chi connectivity index (χ2n) is 6.39. The number of nitrogen functional groups attached to an aromatic ring is 1. The molecule has 6 heteroatoms. The predicted molar refractivity (Wildman–Crippen MR) is 85.6 cm³/mol. The summed E-state index contributed by atoms with van der Waals surface area (Å²) >= 11 is 0. The molecule has 1 saturated carbocycles. The zero-order chi connectivity index (χ0) is 15.4. The van der Waals surface area contributed by atoms with Crippen LogP contribution in [0.1, 0.15) is 46.0 Å². The molecule has 0 amide bonds. The monoisotopic (exact) mass is 294 g/mol. The van der Waals surface area contributed by atoms with Crippen molar-refractivity contribution in [2.45, 2.75) is 52.5 Å². The van der Waals surface area contributed by atoms with Crippen molar-refractivity contribution in [3.8, 4) is 0 Å². The predicted octanol–water partition coefficient (Wildman–Crippen LogP) is 1.77. The summed E-state index contributed by atoms with van der Waals surface area (Å²) in [5.74, 6) is 1.27. The highest BCUT2D eigenvalue weighted by molar-refractivity contribution is 5.60. The molecule has 1 fully saturated rings. The number of aromatic amines is 1. The van der Waals surface area contributed by atoms with Crippen molar-refractivity contribution < 1.29 is 0 Å². The van der Waals surface area contributed by atoms with Crippen LogP contribution in [0.3, 0.4) is 0 Å². The molecular weight excluding hydrogens is 268 g/mol. The first-order valence-electron chi connectivity index (χ1n) is 7.85. The molecule has 6 nitrogen and oxygen atoms in total. The molecule has 2 rings (SSSR count). The van der Waals surface area contributed by atoms with Crippen molar-refractivity contribution in [1.82, 2.24) is 9.55 Å². The fourth-order valence-corrected chi connectivity index (χ4v) is 3.01. The van der Waals surface area contributed by atoms with Crippen molar-refractivity contribution in [3.05, 3.63) is 20.8 Å². The molecule has 0 saturated heterocycles. The zero-order valence-electron chi connectivity index (χ0n) is 12.9. The largest absolute Gasteiger partial charge is 0.383 e. The van der Waals surface area contributed by atoms with E-state index < -0.39 is 11.2 Å². The number of nitrogens with zero attached hydrogens (tertiary/aromatic N) is 1. The first-order valence-corrected chi connectivity index (χ1v) is 7.85. The number of H-pyrrole nitrogens is 1. The summed E-state index contributed by atoms with van der Waals surface area (Å²) in [6.45, 7) is 5.23. The standard InChI is InChI=1S/C15H26N4O2/c1-10(2)9-19-13(16)12(14(20)18-15(19)21)17-8-7-11-5-3-4-6-11/h10-11,17H,3-9,16H2,1-2H3,(H,18,20,21). The van der Waals surface area contributed by atoms with Gasteiger partial charge in [-0.05, 0) is 18.3 Å². The normalized spacial score (nSPS) is 15.8. The van der Waals surface area contributed by atoms with E-state index in [-0.39, 0.29) is 11.7 Å². The van der Waals surface area contributed by atoms with E-state index in [2.05, 4.69) is 10.3 Å². The van der Waals surface area contributed by atoms with Gasteiger partial charge in [-0.3, -0.25) is 14.3 Å². The third kappa shape index (κ3) is 3.89. The van der Waals surface area contributed by atoms with Crippen LogP contribution in [0.15, 0.2) is 9.59 Å². The van der Waals surface area contributed by atoms with Gasteiger partial charge in [0.15, 0.2) is 0 Å². The van der Waals surface area contributed by atoms with Crippen molar-refractivity contribution in [2.24, 2.45) is 11.8 Å². The lowest BCUT2D eigenvalue weighted by Gasteiger charge is -2.16. The number of hydrogen-bond donors (Lipinski definition) is 3. The molecule has 0 unspecified atom stereocenters. The highest BCUT2D eigenvalue weighted by Gasteiger charge is 2.16. The number of nitrogens with one attached hydrogen (secondary N) is 2.